The van der Waals surface area contributed by atoms with Crippen LogP contribution in [0.3, 0.4) is 0 Å². The van der Waals surface area contributed by atoms with Gasteiger partial charge < -0.3 is 19.7 Å². The number of hydrogen-bond acceptors (Lipinski definition) is 6. The van der Waals surface area contributed by atoms with Crippen LogP contribution in [0.15, 0.2) is 48.0 Å². The van der Waals surface area contributed by atoms with Gasteiger partial charge in [-0.2, -0.15) is 0 Å². The molecule has 1 aliphatic rings. The molecule has 0 radical (unpaired) electrons. The maximum Gasteiger partial charge on any atom is 0.261 e. The van der Waals surface area contributed by atoms with E-state index in [0.29, 0.717) is 42.4 Å². The SMILES string of the molecule is COc1ccccc1OCC(=O)N1CCc2c(cnc(C)c2CNC(=O)c2cccs2)C1. The third-order valence-electron chi connectivity index (χ3n) is 5.54. The van der Waals surface area contributed by atoms with Gasteiger partial charge in [0.2, 0.25) is 0 Å². The highest BCUT2D eigenvalue weighted by Gasteiger charge is 2.24. The number of nitrogens with zero attached hydrogens (tertiary/aromatic N) is 2. The number of carbonyl (C=O) groups is 2. The molecule has 0 fully saturated rings. The molecule has 3 heterocycles. The van der Waals surface area contributed by atoms with Gasteiger partial charge in [-0.25, -0.2) is 0 Å². The van der Waals surface area contributed by atoms with Crippen molar-refractivity contribution in [1.82, 2.24) is 15.2 Å². The first-order valence-corrected chi connectivity index (χ1v) is 11.3. The number of nitrogens with one attached hydrogen (secondary N) is 1. The summed E-state index contributed by atoms with van der Waals surface area (Å²) >= 11 is 1.42. The molecule has 1 N–H and O–H groups in total. The molecule has 3 aromatic rings. The standard InChI is InChI=1S/C24H25N3O4S/c1-16-19(13-26-24(29)22-8-5-11-32-22)18-9-10-27(14-17(18)12-25-16)23(28)15-31-21-7-4-3-6-20(21)30-2/h3-8,11-12H,9-10,13-15H2,1-2H3,(H,26,29). The molecular weight excluding hydrogens is 426 g/mol. The molecule has 2 aromatic heterocycles. The number of aromatic nitrogens is 1. The quantitative estimate of drug-likeness (QED) is 0.596. The lowest BCUT2D eigenvalue weighted by Gasteiger charge is -2.30. The summed E-state index contributed by atoms with van der Waals surface area (Å²) < 4.78 is 11.0. The van der Waals surface area contributed by atoms with Crippen LogP contribution < -0.4 is 14.8 Å². The van der Waals surface area contributed by atoms with Gasteiger partial charge in [0.15, 0.2) is 18.1 Å². The average Bonchev–Trinajstić information content (AvgIpc) is 3.37. The van der Waals surface area contributed by atoms with Crippen molar-refractivity contribution < 1.29 is 19.1 Å². The minimum atomic E-state index is -0.0883. The molecule has 32 heavy (non-hydrogen) atoms. The predicted molar refractivity (Wildman–Crippen MR) is 122 cm³/mol. The second-order valence-electron chi connectivity index (χ2n) is 7.49. The fourth-order valence-corrected chi connectivity index (χ4v) is 4.44. The van der Waals surface area contributed by atoms with Gasteiger partial charge >= 0.3 is 0 Å². The Morgan fingerprint density at radius 3 is 2.75 bits per heavy atom. The van der Waals surface area contributed by atoms with E-state index in [1.165, 1.54) is 16.9 Å². The van der Waals surface area contributed by atoms with Crippen molar-refractivity contribution in [2.24, 2.45) is 0 Å². The fraction of sp³-hybridized carbons (Fsp3) is 0.292. The molecule has 0 atom stereocenters. The normalized spacial score (nSPS) is 12.8. The molecule has 1 aliphatic heterocycles. The summed E-state index contributed by atoms with van der Waals surface area (Å²) in [4.78, 5) is 32.1. The van der Waals surface area contributed by atoms with Crippen LogP contribution in [0.4, 0.5) is 0 Å². The molecule has 2 amide bonds. The molecule has 0 saturated heterocycles. The Hall–Kier alpha value is -3.39. The molecule has 166 valence electrons. The second-order valence-corrected chi connectivity index (χ2v) is 8.44. The largest absolute Gasteiger partial charge is 0.493 e. The number of ether oxygens (including phenoxy) is 2. The smallest absolute Gasteiger partial charge is 0.261 e. The number of benzene rings is 1. The zero-order chi connectivity index (χ0) is 22.5. The monoisotopic (exact) mass is 451 g/mol. The van der Waals surface area contributed by atoms with E-state index in [2.05, 4.69) is 10.3 Å². The summed E-state index contributed by atoms with van der Waals surface area (Å²) in [5, 5.41) is 4.88. The molecule has 8 heteroatoms. The Bertz CT molecular complexity index is 1110. The summed E-state index contributed by atoms with van der Waals surface area (Å²) in [6.07, 6.45) is 2.54. The number of carbonyl (C=O) groups excluding carboxylic acids is 2. The van der Waals surface area contributed by atoms with Gasteiger partial charge in [-0.15, -0.1) is 11.3 Å². The number of aryl methyl sites for hydroxylation is 1. The highest BCUT2D eigenvalue weighted by Crippen LogP contribution is 2.27. The van der Waals surface area contributed by atoms with Gasteiger partial charge in [-0.05, 0) is 53.6 Å². The Morgan fingerprint density at radius 2 is 2.00 bits per heavy atom. The molecule has 4 rings (SSSR count). The maximum absolute atomic E-state index is 12.8. The van der Waals surface area contributed by atoms with Crippen molar-refractivity contribution in [1.29, 1.82) is 0 Å². The molecular formula is C24H25N3O4S. The molecule has 0 aliphatic carbocycles. The third-order valence-corrected chi connectivity index (χ3v) is 6.41. The molecule has 0 spiro atoms. The Morgan fingerprint density at radius 1 is 1.19 bits per heavy atom. The molecule has 1 aromatic carbocycles. The first-order valence-electron chi connectivity index (χ1n) is 10.4. The highest BCUT2D eigenvalue weighted by molar-refractivity contribution is 7.12. The van der Waals surface area contributed by atoms with Crippen molar-refractivity contribution >= 4 is 23.2 Å². The zero-order valence-corrected chi connectivity index (χ0v) is 18.9. The minimum Gasteiger partial charge on any atom is -0.493 e. The van der Waals surface area contributed by atoms with Crippen molar-refractivity contribution in [2.45, 2.75) is 26.4 Å². The average molecular weight is 452 g/mol. The number of hydrogen-bond donors (Lipinski definition) is 1. The second kappa shape index (κ2) is 9.82. The number of pyridine rings is 1. The summed E-state index contributed by atoms with van der Waals surface area (Å²) in [5.74, 6) is 0.966. The van der Waals surface area contributed by atoms with E-state index in [4.69, 9.17) is 9.47 Å². The number of amides is 2. The Kier molecular flexibility index (Phi) is 6.70. The molecule has 0 bridgehead atoms. The lowest BCUT2D eigenvalue weighted by molar-refractivity contribution is -0.134. The van der Waals surface area contributed by atoms with Crippen molar-refractivity contribution in [2.75, 3.05) is 20.3 Å². The van der Waals surface area contributed by atoms with Crippen LogP contribution >= 0.6 is 11.3 Å². The van der Waals surface area contributed by atoms with Gasteiger partial charge in [-0.3, -0.25) is 14.6 Å². The van der Waals surface area contributed by atoms with Crippen LogP contribution in [0.25, 0.3) is 0 Å². The van der Waals surface area contributed by atoms with E-state index < -0.39 is 0 Å². The number of methoxy groups -OCH3 is 1. The van der Waals surface area contributed by atoms with Crippen LogP contribution in [-0.4, -0.2) is 42.0 Å². The van der Waals surface area contributed by atoms with Gasteiger partial charge in [0.05, 0.1) is 12.0 Å². The summed E-state index contributed by atoms with van der Waals surface area (Å²) in [5.41, 5.74) is 4.10. The predicted octanol–water partition coefficient (Wildman–Crippen LogP) is 3.35. The Labute approximate surface area is 191 Å². The summed E-state index contributed by atoms with van der Waals surface area (Å²) in [7, 11) is 1.57. The molecule has 7 nitrogen and oxygen atoms in total. The third kappa shape index (κ3) is 4.75. The number of thiophene rings is 1. The van der Waals surface area contributed by atoms with E-state index in [-0.39, 0.29) is 18.4 Å². The molecule has 0 unspecified atom stereocenters. The topological polar surface area (TPSA) is 80.8 Å². The lowest BCUT2D eigenvalue weighted by Crippen LogP contribution is -2.39. The summed E-state index contributed by atoms with van der Waals surface area (Å²) in [6, 6.07) is 10.9. The maximum atomic E-state index is 12.8. The fourth-order valence-electron chi connectivity index (χ4n) is 3.80. The van der Waals surface area contributed by atoms with E-state index in [0.717, 1.165) is 16.8 Å². The van der Waals surface area contributed by atoms with Crippen LogP contribution in [0, 0.1) is 6.92 Å². The van der Waals surface area contributed by atoms with Gasteiger partial charge in [0.25, 0.3) is 11.8 Å². The van der Waals surface area contributed by atoms with Crippen molar-refractivity contribution in [3.8, 4) is 11.5 Å². The number of fused-ring (bicyclic) bond motifs is 1. The van der Waals surface area contributed by atoms with Gasteiger partial charge in [0, 0.05) is 31.5 Å². The van der Waals surface area contributed by atoms with E-state index >= 15 is 0 Å². The summed E-state index contributed by atoms with van der Waals surface area (Å²) in [6.45, 7) is 3.38. The Balaban J connectivity index is 1.40. The van der Waals surface area contributed by atoms with Crippen LogP contribution in [0.1, 0.15) is 32.1 Å². The van der Waals surface area contributed by atoms with Gasteiger partial charge in [0.1, 0.15) is 0 Å². The van der Waals surface area contributed by atoms with E-state index in [1.54, 1.807) is 24.1 Å². The minimum absolute atomic E-state index is 0.0568. The number of para-hydroxylation sites is 2. The van der Waals surface area contributed by atoms with Crippen LogP contribution in [-0.2, 0) is 24.3 Å². The van der Waals surface area contributed by atoms with E-state index in [1.807, 2.05) is 42.8 Å². The zero-order valence-electron chi connectivity index (χ0n) is 18.1. The van der Waals surface area contributed by atoms with Crippen molar-refractivity contribution in [3.63, 3.8) is 0 Å². The van der Waals surface area contributed by atoms with Crippen molar-refractivity contribution in [3.05, 3.63) is 75.2 Å². The highest BCUT2D eigenvalue weighted by atomic mass is 32.1. The van der Waals surface area contributed by atoms with Crippen LogP contribution in [0.2, 0.25) is 0 Å². The van der Waals surface area contributed by atoms with Crippen LogP contribution in [0.5, 0.6) is 11.5 Å². The van der Waals surface area contributed by atoms with E-state index in [9.17, 15) is 9.59 Å². The first-order chi connectivity index (χ1) is 15.6. The lowest BCUT2D eigenvalue weighted by atomic mass is 9.95. The first kappa shape index (κ1) is 21.8. The number of rotatable bonds is 7. The van der Waals surface area contributed by atoms with Gasteiger partial charge in [-0.1, -0.05) is 18.2 Å². The molecule has 0 saturated carbocycles.